The van der Waals surface area contributed by atoms with Crippen LogP contribution in [0.1, 0.15) is 32.8 Å². The highest BCUT2D eigenvalue weighted by Crippen LogP contribution is 2.24. The molecule has 2 aromatic rings. The van der Waals surface area contributed by atoms with Gasteiger partial charge in [-0.1, -0.05) is 20.8 Å². The molecule has 0 aliphatic heterocycles. The maximum atomic E-state index is 5.91. The van der Waals surface area contributed by atoms with Gasteiger partial charge in [0.25, 0.3) is 0 Å². The highest BCUT2D eigenvalue weighted by atomic mass is 16.5. The largest absolute Gasteiger partial charge is 0.454 e. The molecule has 5 heteroatoms. The molecule has 0 amide bonds. The third-order valence-corrected chi connectivity index (χ3v) is 2.85. The van der Waals surface area contributed by atoms with Gasteiger partial charge < -0.3 is 10.1 Å². The number of hydrogen-bond acceptors (Lipinski definition) is 4. The van der Waals surface area contributed by atoms with E-state index in [1.165, 1.54) is 0 Å². The Hall–Kier alpha value is -1.88. The number of nitrogens with zero attached hydrogens (tertiary/aromatic N) is 3. The van der Waals surface area contributed by atoms with Crippen LogP contribution in [0, 0.1) is 0 Å². The lowest BCUT2D eigenvalue weighted by Crippen LogP contribution is -2.22. The summed E-state index contributed by atoms with van der Waals surface area (Å²) < 4.78 is 7.80. The van der Waals surface area contributed by atoms with Gasteiger partial charge in [-0.3, -0.25) is 9.67 Å². The predicted octanol–water partition coefficient (Wildman–Crippen LogP) is 2.98. The molecule has 0 bridgehead atoms. The van der Waals surface area contributed by atoms with Gasteiger partial charge in [-0.15, -0.1) is 0 Å². The molecule has 20 heavy (non-hydrogen) atoms. The third-order valence-electron chi connectivity index (χ3n) is 2.85. The summed E-state index contributed by atoms with van der Waals surface area (Å²) >= 11 is 0. The Kier molecular flexibility index (Phi) is 5.12. The molecule has 0 fully saturated rings. The zero-order valence-corrected chi connectivity index (χ0v) is 12.3. The summed E-state index contributed by atoms with van der Waals surface area (Å²) in [5.74, 6) is 1.58. The number of aromatic nitrogens is 3. The van der Waals surface area contributed by atoms with E-state index in [4.69, 9.17) is 4.74 Å². The molecular formula is C15H22N4O. The molecule has 0 saturated heterocycles. The summed E-state index contributed by atoms with van der Waals surface area (Å²) in [6.45, 7) is 8.00. The molecule has 2 rings (SSSR count). The SMILES string of the molecule is CCCn1cc(Oc2ccncc2CNC(C)C)cn1. The van der Waals surface area contributed by atoms with Gasteiger partial charge in [0.1, 0.15) is 5.75 Å². The van der Waals surface area contributed by atoms with Crippen molar-refractivity contribution in [2.75, 3.05) is 0 Å². The molecule has 0 atom stereocenters. The lowest BCUT2D eigenvalue weighted by atomic mass is 10.2. The predicted molar refractivity (Wildman–Crippen MR) is 78.8 cm³/mol. The second-order valence-corrected chi connectivity index (χ2v) is 5.06. The maximum absolute atomic E-state index is 5.91. The zero-order valence-electron chi connectivity index (χ0n) is 12.3. The van der Waals surface area contributed by atoms with Gasteiger partial charge in [-0.05, 0) is 12.5 Å². The third kappa shape index (κ3) is 4.06. The lowest BCUT2D eigenvalue weighted by molar-refractivity contribution is 0.466. The summed E-state index contributed by atoms with van der Waals surface area (Å²) in [7, 11) is 0. The number of rotatable bonds is 7. The van der Waals surface area contributed by atoms with E-state index < -0.39 is 0 Å². The fourth-order valence-corrected chi connectivity index (χ4v) is 1.84. The lowest BCUT2D eigenvalue weighted by Gasteiger charge is -2.11. The standard InChI is InChI=1S/C15H22N4O/c1-4-7-19-11-14(10-18-19)20-15-5-6-16-8-13(15)9-17-12(2)3/h5-6,8,10-12,17H,4,7,9H2,1-3H3. The van der Waals surface area contributed by atoms with Crippen LogP contribution >= 0.6 is 0 Å². The molecule has 0 unspecified atom stereocenters. The fourth-order valence-electron chi connectivity index (χ4n) is 1.84. The Morgan fingerprint density at radius 3 is 2.95 bits per heavy atom. The van der Waals surface area contributed by atoms with Crippen molar-refractivity contribution in [3.05, 3.63) is 36.4 Å². The van der Waals surface area contributed by atoms with E-state index in [1.807, 2.05) is 23.1 Å². The topological polar surface area (TPSA) is 52.0 Å². The molecule has 0 aliphatic carbocycles. The Balaban J connectivity index is 2.07. The minimum absolute atomic E-state index is 0.426. The van der Waals surface area contributed by atoms with Crippen LogP contribution in [0.2, 0.25) is 0 Å². The molecule has 0 spiro atoms. The van der Waals surface area contributed by atoms with E-state index >= 15 is 0 Å². The maximum Gasteiger partial charge on any atom is 0.165 e. The quantitative estimate of drug-likeness (QED) is 0.843. The van der Waals surface area contributed by atoms with Gasteiger partial charge in [-0.25, -0.2) is 0 Å². The van der Waals surface area contributed by atoms with Gasteiger partial charge >= 0.3 is 0 Å². The van der Waals surface area contributed by atoms with Crippen LogP contribution in [-0.4, -0.2) is 20.8 Å². The van der Waals surface area contributed by atoms with Crippen molar-refractivity contribution in [2.24, 2.45) is 0 Å². The highest BCUT2D eigenvalue weighted by molar-refractivity contribution is 5.34. The number of hydrogen-bond donors (Lipinski definition) is 1. The monoisotopic (exact) mass is 274 g/mol. The van der Waals surface area contributed by atoms with Crippen LogP contribution in [0.15, 0.2) is 30.9 Å². The molecule has 108 valence electrons. The normalized spacial score (nSPS) is 11.0. The van der Waals surface area contributed by atoms with Crippen LogP contribution in [-0.2, 0) is 13.1 Å². The van der Waals surface area contributed by atoms with Crippen LogP contribution in [0.3, 0.4) is 0 Å². The molecule has 5 nitrogen and oxygen atoms in total. The highest BCUT2D eigenvalue weighted by Gasteiger charge is 2.07. The fraction of sp³-hybridized carbons (Fsp3) is 0.467. The van der Waals surface area contributed by atoms with Crippen molar-refractivity contribution >= 4 is 0 Å². The number of nitrogens with one attached hydrogen (secondary N) is 1. The number of pyridine rings is 1. The molecule has 0 aromatic carbocycles. The van der Waals surface area contributed by atoms with Crippen LogP contribution < -0.4 is 10.1 Å². The summed E-state index contributed by atoms with van der Waals surface area (Å²) in [6, 6.07) is 2.31. The molecule has 1 N–H and O–H groups in total. The Morgan fingerprint density at radius 2 is 2.20 bits per heavy atom. The molecular weight excluding hydrogens is 252 g/mol. The van der Waals surface area contributed by atoms with Crippen molar-refractivity contribution in [1.82, 2.24) is 20.1 Å². The van der Waals surface area contributed by atoms with E-state index in [0.717, 1.165) is 36.6 Å². The van der Waals surface area contributed by atoms with Gasteiger partial charge in [0, 0.05) is 37.1 Å². The van der Waals surface area contributed by atoms with E-state index in [2.05, 4.69) is 36.2 Å². The van der Waals surface area contributed by atoms with Crippen LogP contribution in [0.5, 0.6) is 11.5 Å². The first-order valence-electron chi connectivity index (χ1n) is 7.05. The Bertz CT molecular complexity index is 536. The first kappa shape index (κ1) is 14.5. The Labute approximate surface area is 120 Å². The van der Waals surface area contributed by atoms with Crippen molar-refractivity contribution in [3.8, 4) is 11.5 Å². The van der Waals surface area contributed by atoms with Crippen molar-refractivity contribution in [2.45, 2.75) is 46.3 Å². The van der Waals surface area contributed by atoms with E-state index in [0.29, 0.717) is 6.04 Å². The molecule has 2 aromatic heterocycles. The minimum Gasteiger partial charge on any atom is -0.454 e. The average molecular weight is 274 g/mol. The second kappa shape index (κ2) is 7.05. The number of aryl methyl sites for hydroxylation is 1. The first-order valence-corrected chi connectivity index (χ1v) is 7.05. The van der Waals surface area contributed by atoms with Crippen molar-refractivity contribution in [1.29, 1.82) is 0 Å². The Morgan fingerprint density at radius 1 is 1.35 bits per heavy atom. The van der Waals surface area contributed by atoms with Gasteiger partial charge in [0.2, 0.25) is 0 Å². The van der Waals surface area contributed by atoms with Gasteiger partial charge in [-0.2, -0.15) is 5.10 Å². The van der Waals surface area contributed by atoms with Gasteiger partial charge in [0.15, 0.2) is 5.75 Å². The first-order chi connectivity index (χ1) is 9.69. The summed E-state index contributed by atoms with van der Waals surface area (Å²) in [5, 5.41) is 7.64. The zero-order chi connectivity index (χ0) is 14.4. The molecule has 0 radical (unpaired) electrons. The average Bonchev–Trinajstić information content (AvgIpc) is 2.85. The summed E-state index contributed by atoms with van der Waals surface area (Å²) in [5.41, 5.74) is 1.05. The molecule has 0 aliphatic rings. The number of ether oxygens (including phenoxy) is 1. The van der Waals surface area contributed by atoms with E-state index in [9.17, 15) is 0 Å². The van der Waals surface area contributed by atoms with Crippen LogP contribution in [0.25, 0.3) is 0 Å². The summed E-state index contributed by atoms with van der Waals surface area (Å²) in [4.78, 5) is 4.16. The van der Waals surface area contributed by atoms with E-state index in [-0.39, 0.29) is 0 Å². The molecule has 2 heterocycles. The second-order valence-electron chi connectivity index (χ2n) is 5.06. The van der Waals surface area contributed by atoms with Gasteiger partial charge in [0.05, 0.1) is 12.4 Å². The van der Waals surface area contributed by atoms with Crippen LogP contribution in [0.4, 0.5) is 0 Å². The molecule has 0 saturated carbocycles. The van der Waals surface area contributed by atoms with E-state index in [1.54, 1.807) is 12.4 Å². The smallest absolute Gasteiger partial charge is 0.165 e. The van der Waals surface area contributed by atoms with Crippen molar-refractivity contribution < 1.29 is 4.74 Å². The minimum atomic E-state index is 0.426. The summed E-state index contributed by atoms with van der Waals surface area (Å²) in [6.07, 6.45) is 8.30. The van der Waals surface area contributed by atoms with Crippen molar-refractivity contribution in [3.63, 3.8) is 0 Å².